The van der Waals surface area contributed by atoms with Crippen molar-refractivity contribution in [2.45, 2.75) is 19.8 Å². The molecule has 6 nitrogen and oxygen atoms in total. The smallest absolute Gasteiger partial charge is 0.313 e. The Labute approximate surface area is 137 Å². The van der Waals surface area contributed by atoms with Gasteiger partial charge in [-0.1, -0.05) is 29.8 Å². The van der Waals surface area contributed by atoms with E-state index in [2.05, 4.69) is 15.2 Å². The van der Waals surface area contributed by atoms with Gasteiger partial charge in [0, 0.05) is 27.9 Å². The molecule has 0 bridgehead atoms. The van der Waals surface area contributed by atoms with Crippen LogP contribution in [0.4, 0.5) is 0 Å². The summed E-state index contributed by atoms with van der Waals surface area (Å²) < 4.78 is 5.31. The molecule has 2 aromatic rings. The molecule has 1 aromatic heterocycles. The van der Waals surface area contributed by atoms with E-state index >= 15 is 0 Å². The van der Waals surface area contributed by atoms with E-state index in [1.54, 1.807) is 26.0 Å². The topological polar surface area (TPSA) is 88.6 Å². The number of halogens is 1. The zero-order valence-electron chi connectivity index (χ0n) is 12.5. The number of nitrogens with zero attached hydrogens (tertiary/aromatic N) is 3. The van der Waals surface area contributed by atoms with Crippen molar-refractivity contribution in [2.75, 3.05) is 0 Å². The quantitative estimate of drug-likeness (QED) is 0.931. The molecule has 3 rings (SSSR count). The minimum Gasteiger partial charge on any atom is -0.481 e. The van der Waals surface area contributed by atoms with E-state index in [1.807, 2.05) is 12.1 Å². The predicted octanol–water partition coefficient (Wildman–Crippen LogP) is 3.41. The molecule has 1 aromatic carbocycles. The van der Waals surface area contributed by atoms with E-state index in [9.17, 15) is 9.90 Å². The molecule has 23 heavy (non-hydrogen) atoms. The first-order valence-electron chi connectivity index (χ1n) is 7.00. The van der Waals surface area contributed by atoms with Crippen molar-refractivity contribution in [3.05, 3.63) is 52.8 Å². The lowest BCUT2D eigenvalue weighted by atomic mass is 9.75. The van der Waals surface area contributed by atoms with Gasteiger partial charge >= 0.3 is 5.97 Å². The number of aromatic nitrogens is 2. The summed E-state index contributed by atoms with van der Waals surface area (Å²) >= 11 is 6.33. The molecule has 0 saturated heterocycles. The molecule has 1 N–H and O–H groups in total. The molecule has 0 fully saturated rings. The first kappa shape index (κ1) is 15.4. The first-order chi connectivity index (χ1) is 11.0. The number of aliphatic imine (C=N–C) groups is 1. The van der Waals surface area contributed by atoms with Gasteiger partial charge in [-0.25, -0.2) is 0 Å². The SMILES string of the molecule is CC1=NC(C)=C(c2nnco2)C(c2ccccc2Cl)C1C(=O)O. The lowest BCUT2D eigenvalue weighted by Crippen LogP contribution is -2.32. The van der Waals surface area contributed by atoms with Crippen molar-refractivity contribution in [3.8, 4) is 0 Å². The van der Waals surface area contributed by atoms with Gasteiger partial charge < -0.3 is 9.52 Å². The molecular weight excluding hydrogens is 318 g/mol. The second kappa shape index (κ2) is 5.96. The Bertz CT molecular complexity index is 812. The summed E-state index contributed by atoms with van der Waals surface area (Å²) in [6.45, 7) is 3.50. The normalized spacial score (nSPS) is 21.3. The Morgan fingerprint density at radius 2 is 2.04 bits per heavy atom. The molecule has 0 saturated carbocycles. The van der Waals surface area contributed by atoms with Crippen LogP contribution in [0.5, 0.6) is 0 Å². The minimum absolute atomic E-state index is 0.259. The molecule has 118 valence electrons. The van der Waals surface area contributed by atoms with Gasteiger partial charge in [-0.05, 0) is 25.5 Å². The Hall–Kier alpha value is -2.47. The van der Waals surface area contributed by atoms with E-state index in [0.717, 1.165) is 0 Å². The van der Waals surface area contributed by atoms with Crippen LogP contribution in [-0.2, 0) is 4.79 Å². The molecule has 2 heterocycles. The van der Waals surface area contributed by atoms with Crippen LogP contribution in [-0.4, -0.2) is 27.0 Å². The van der Waals surface area contributed by atoms with Crippen molar-refractivity contribution in [3.63, 3.8) is 0 Å². The van der Waals surface area contributed by atoms with Gasteiger partial charge in [0.05, 0.1) is 0 Å². The summed E-state index contributed by atoms with van der Waals surface area (Å²) in [6, 6.07) is 7.17. The first-order valence-corrected chi connectivity index (χ1v) is 7.38. The van der Waals surface area contributed by atoms with Crippen LogP contribution in [0.3, 0.4) is 0 Å². The Morgan fingerprint density at radius 3 is 2.65 bits per heavy atom. The highest BCUT2D eigenvalue weighted by atomic mass is 35.5. The summed E-state index contributed by atoms with van der Waals surface area (Å²) in [5.74, 6) is -2.10. The number of carboxylic acid groups (broad SMARTS) is 1. The fourth-order valence-electron chi connectivity index (χ4n) is 2.99. The summed E-state index contributed by atoms with van der Waals surface area (Å²) in [5, 5.41) is 17.8. The predicted molar refractivity (Wildman–Crippen MR) is 85.3 cm³/mol. The number of aliphatic carboxylic acids is 1. The molecule has 0 amide bonds. The van der Waals surface area contributed by atoms with Crippen LogP contribution in [0.25, 0.3) is 5.57 Å². The second-order valence-corrected chi connectivity index (χ2v) is 5.72. The molecule has 2 atom stereocenters. The Balaban J connectivity index is 2.27. The highest BCUT2D eigenvalue weighted by Gasteiger charge is 2.41. The molecule has 1 aliphatic heterocycles. The zero-order chi connectivity index (χ0) is 16.6. The maximum absolute atomic E-state index is 11.9. The Morgan fingerprint density at radius 1 is 1.30 bits per heavy atom. The van der Waals surface area contributed by atoms with E-state index in [0.29, 0.717) is 27.6 Å². The van der Waals surface area contributed by atoms with Gasteiger partial charge in [-0.2, -0.15) is 0 Å². The average Bonchev–Trinajstić information content (AvgIpc) is 3.00. The van der Waals surface area contributed by atoms with Crippen molar-refractivity contribution in [1.82, 2.24) is 10.2 Å². The third-order valence-corrected chi connectivity index (χ3v) is 4.27. The van der Waals surface area contributed by atoms with Gasteiger partial charge in [-0.3, -0.25) is 9.79 Å². The van der Waals surface area contributed by atoms with Crippen LogP contribution in [0, 0.1) is 5.92 Å². The van der Waals surface area contributed by atoms with Gasteiger partial charge in [0.15, 0.2) is 0 Å². The summed E-state index contributed by atoms with van der Waals surface area (Å²) in [5.41, 5.74) is 2.45. The number of carbonyl (C=O) groups is 1. The van der Waals surface area contributed by atoms with Crippen LogP contribution in [0.15, 0.2) is 45.8 Å². The van der Waals surface area contributed by atoms with Gasteiger partial charge in [0.25, 0.3) is 0 Å². The number of benzene rings is 1. The fourth-order valence-corrected chi connectivity index (χ4v) is 3.24. The number of allylic oxidation sites excluding steroid dienone is 2. The van der Waals surface area contributed by atoms with E-state index in [1.165, 1.54) is 6.39 Å². The highest BCUT2D eigenvalue weighted by Crippen LogP contribution is 2.45. The number of rotatable bonds is 3. The van der Waals surface area contributed by atoms with Crippen molar-refractivity contribution in [1.29, 1.82) is 0 Å². The Kier molecular flexibility index (Phi) is 4.00. The average molecular weight is 332 g/mol. The second-order valence-electron chi connectivity index (χ2n) is 5.31. The van der Waals surface area contributed by atoms with Crippen LogP contribution in [0.1, 0.15) is 31.2 Å². The highest BCUT2D eigenvalue weighted by molar-refractivity contribution is 6.31. The van der Waals surface area contributed by atoms with E-state index < -0.39 is 17.8 Å². The molecule has 0 aliphatic carbocycles. The molecular formula is C16H14ClN3O3. The number of hydrogen-bond acceptors (Lipinski definition) is 5. The van der Waals surface area contributed by atoms with E-state index in [4.69, 9.17) is 16.0 Å². The maximum atomic E-state index is 11.9. The third kappa shape index (κ3) is 2.66. The summed E-state index contributed by atoms with van der Waals surface area (Å²) in [7, 11) is 0. The van der Waals surface area contributed by atoms with Crippen molar-refractivity contribution in [2.24, 2.45) is 10.9 Å². The van der Waals surface area contributed by atoms with Gasteiger partial charge in [-0.15, -0.1) is 10.2 Å². The van der Waals surface area contributed by atoms with Crippen LogP contribution < -0.4 is 0 Å². The monoisotopic (exact) mass is 331 g/mol. The molecule has 7 heteroatoms. The molecule has 0 radical (unpaired) electrons. The van der Waals surface area contributed by atoms with Gasteiger partial charge in [0.1, 0.15) is 5.92 Å². The van der Waals surface area contributed by atoms with Crippen molar-refractivity contribution < 1.29 is 14.3 Å². The molecule has 0 spiro atoms. The maximum Gasteiger partial charge on any atom is 0.313 e. The lowest BCUT2D eigenvalue weighted by Gasteiger charge is -2.30. The minimum atomic E-state index is -0.972. The summed E-state index contributed by atoms with van der Waals surface area (Å²) in [4.78, 5) is 16.2. The van der Waals surface area contributed by atoms with Gasteiger partial charge in [0.2, 0.25) is 12.3 Å². The third-order valence-electron chi connectivity index (χ3n) is 3.93. The number of hydrogen-bond donors (Lipinski definition) is 1. The standard InChI is InChI=1S/C16H14ClN3O3/c1-8-12(15-20-18-7-23-15)14(10-5-3-4-6-11(10)17)13(16(21)22)9(2)19-8/h3-7,13-14H,1-2H3,(H,21,22). The lowest BCUT2D eigenvalue weighted by molar-refractivity contribution is -0.139. The summed E-state index contributed by atoms with van der Waals surface area (Å²) in [6.07, 6.45) is 1.21. The zero-order valence-corrected chi connectivity index (χ0v) is 13.3. The fraction of sp³-hybridized carbons (Fsp3) is 0.250. The number of carboxylic acids is 1. The molecule has 2 unspecified atom stereocenters. The van der Waals surface area contributed by atoms with Crippen LogP contribution >= 0.6 is 11.6 Å². The largest absolute Gasteiger partial charge is 0.481 e. The molecule has 1 aliphatic rings. The van der Waals surface area contributed by atoms with E-state index in [-0.39, 0.29) is 5.89 Å². The van der Waals surface area contributed by atoms with Crippen molar-refractivity contribution >= 4 is 28.9 Å². The van der Waals surface area contributed by atoms with Crippen LogP contribution in [0.2, 0.25) is 5.02 Å².